The zero-order valence-electron chi connectivity index (χ0n) is 15.5. The van der Waals surface area contributed by atoms with Crippen molar-refractivity contribution >= 4 is 11.8 Å². The van der Waals surface area contributed by atoms with Crippen LogP contribution < -0.4 is 5.32 Å². The van der Waals surface area contributed by atoms with Gasteiger partial charge in [-0.25, -0.2) is 0 Å². The molecular weight excluding hydrogens is 330 g/mol. The van der Waals surface area contributed by atoms with Gasteiger partial charge in [-0.2, -0.15) is 0 Å². The summed E-state index contributed by atoms with van der Waals surface area (Å²) in [5.74, 6) is 0.612. The van der Waals surface area contributed by atoms with E-state index in [-0.39, 0.29) is 23.6 Å². The lowest BCUT2D eigenvalue weighted by molar-refractivity contribution is 0.0712. The van der Waals surface area contributed by atoms with E-state index in [1.165, 1.54) is 0 Å². The van der Waals surface area contributed by atoms with Gasteiger partial charge >= 0.3 is 0 Å². The molecule has 3 rings (SSSR count). The van der Waals surface area contributed by atoms with Crippen LogP contribution in [0.2, 0.25) is 0 Å². The van der Waals surface area contributed by atoms with Crippen molar-refractivity contribution in [1.82, 2.24) is 15.4 Å². The van der Waals surface area contributed by atoms with Gasteiger partial charge in [0.25, 0.3) is 11.8 Å². The van der Waals surface area contributed by atoms with Crippen LogP contribution in [0.3, 0.4) is 0 Å². The Morgan fingerprint density at radius 3 is 2.58 bits per heavy atom. The number of benzene rings is 1. The van der Waals surface area contributed by atoms with Gasteiger partial charge in [-0.15, -0.1) is 0 Å². The first-order valence-corrected chi connectivity index (χ1v) is 9.05. The largest absolute Gasteiger partial charge is 0.359 e. The molecule has 0 atom stereocenters. The molecule has 1 saturated carbocycles. The van der Waals surface area contributed by atoms with Crippen LogP contribution in [0.15, 0.2) is 34.9 Å². The van der Waals surface area contributed by atoms with Crippen LogP contribution in [0.5, 0.6) is 0 Å². The van der Waals surface area contributed by atoms with Gasteiger partial charge in [-0.1, -0.05) is 36.7 Å². The summed E-state index contributed by atoms with van der Waals surface area (Å²) < 4.78 is 5.30. The second-order valence-corrected chi connectivity index (χ2v) is 7.31. The molecule has 1 heterocycles. The lowest BCUT2D eigenvalue weighted by atomic mass is 10.1. The van der Waals surface area contributed by atoms with E-state index in [4.69, 9.17) is 4.52 Å². The fourth-order valence-electron chi connectivity index (χ4n) is 2.66. The van der Waals surface area contributed by atoms with Crippen molar-refractivity contribution in [2.24, 2.45) is 5.92 Å². The van der Waals surface area contributed by atoms with Crippen molar-refractivity contribution < 1.29 is 14.1 Å². The highest BCUT2D eigenvalue weighted by Gasteiger charge is 2.34. The van der Waals surface area contributed by atoms with Crippen LogP contribution >= 0.6 is 0 Å². The molecule has 1 aromatic heterocycles. The topological polar surface area (TPSA) is 75.4 Å². The molecule has 2 aromatic rings. The molecule has 1 aliphatic rings. The maximum atomic E-state index is 12.8. The third-order valence-corrected chi connectivity index (χ3v) is 4.34. The third-order valence-electron chi connectivity index (χ3n) is 4.34. The van der Waals surface area contributed by atoms with E-state index in [0.717, 1.165) is 18.4 Å². The Kier molecular flexibility index (Phi) is 5.40. The number of hydrogen-bond donors (Lipinski definition) is 1. The summed E-state index contributed by atoms with van der Waals surface area (Å²) in [6.07, 6.45) is 1.99. The molecule has 26 heavy (non-hydrogen) atoms. The molecule has 1 aliphatic carbocycles. The Hall–Kier alpha value is -2.63. The molecule has 0 aliphatic heterocycles. The zero-order valence-corrected chi connectivity index (χ0v) is 15.5. The van der Waals surface area contributed by atoms with Crippen molar-refractivity contribution in [2.45, 2.75) is 46.2 Å². The third kappa shape index (κ3) is 4.50. The SMILES string of the molecule is Cc1ccc(C(=O)N(Cc2cc(C(=O)NCC(C)C)no2)C2CC2)cc1. The van der Waals surface area contributed by atoms with Gasteiger partial charge in [0.05, 0.1) is 6.54 Å². The molecular formula is C20H25N3O3. The van der Waals surface area contributed by atoms with Crippen LogP contribution in [-0.2, 0) is 6.54 Å². The van der Waals surface area contributed by atoms with Crippen LogP contribution in [0.25, 0.3) is 0 Å². The fraction of sp³-hybridized carbons (Fsp3) is 0.450. The van der Waals surface area contributed by atoms with Crippen LogP contribution in [0.1, 0.15) is 58.9 Å². The molecule has 0 bridgehead atoms. The minimum atomic E-state index is -0.253. The first-order chi connectivity index (χ1) is 12.4. The summed E-state index contributed by atoms with van der Waals surface area (Å²) in [6, 6.07) is 9.41. The van der Waals surface area contributed by atoms with Gasteiger partial charge in [0, 0.05) is 24.2 Å². The zero-order chi connectivity index (χ0) is 18.7. The van der Waals surface area contributed by atoms with Gasteiger partial charge in [0.1, 0.15) is 0 Å². The minimum absolute atomic E-state index is 0.0188. The van der Waals surface area contributed by atoms with E-state index >= 15 is 0 Å². The highest BCUT2D eigenvalue weighted by molar-refractivity contribution is 5.95. The van der Waals surface area contributed by atoms with Crippen LogP contribution in [-0.4, -0.2) is 34.5 Å². The summed E-state index contributed by atoms with van der Waals surface area (Å²) in [6.45, 7) is 6.95. The average Bonchev–Trinajstić information content (AvgIpc) is 3.35. The predicted octanol–water partition coefficient (Wildman–Crippen LogP) is 3.17. The quantitative estimate of drug-likeness (QED) is 0.828. The summed E-state index contributed by atoms with van der Waals surface area (Å²) in [5, 5.41) is 6.66. The van der Waals surface area contributed by atoms with Gasteiger partial charge in [0.15, 0.2) is 11.5 Å². The summed E-state index contributed by atoms with van der Waals surface area (Å²) >= 11 is 0. The number of amides is 2. The second-order valence-electron chi connectivity index (χ2n) is 7.31. The molecule has 0 spiro atoms. The highest BCUT2D eigenvalue weighted by Crippen LogP contribution is 2.30. The molecule has 0 unspecified atom stereocenters. The normalized spacial score (nSPS) is 13.7. The number of aromatic nitrogens is 1. The van der Waals surface area contributed by atoms with E-state index in [1.807, 2.05) is 45.0 Å². The molecule has 0 radical (unpaired) electrons. The lowest BCUT2D eigenvalue weighted by Crippen LogP contribution is -2.32. The molecule has 2 amide bonds. The Bertz CT molecular complexity index is 776. The van der Waals surface area contributed by atoms with Crippen molar-refractivity contribution in [1.29, 1.82) is 0 Å². The molecule has 1 N–H and O–H groups in total. The number of rotatable bonds is 7. The number of nitrogens with one attached hydrogen (secondary N) is 1. The number of aryl methyl sites for hydroxylation is 1. The minimum Gasteiger partial charge on any atom is -0.359 e. The van der Waals surface area contributed by atoms with Gasteiger partial charge in [-0.05, 0) is 37.8 Å². The number of nitrogens with zero attached hydrogens (tertiary/aromatic N) is 2. The van der Waals surface area contributed by atoms with Crippen LogP contribution in [0, 0.1) is 12.8 Å². The van der Waals surface area contributed by atoms with E-state index < -0.39 is 0 Å². The van der Waals surface area contributed by atoms with Gasteiger partial charge in [0.2, 0.25) is 0 Å². The number of carbonyl (C=O) groups is 2. The Morgan fingerprint density at radius 1 is 1.27 bits per heavy atom. The maximum Gasteiger partial charge on any atom is 0.273 e. The lowest BCUT2D eigenvalue weighted by Gasteiger charge is -2.21. The number of carbonyl (C=O) groups excluding carboxylic acids is 2. The smallest absolute Gasteiger partial charge is 0.273 e. The Labute approximate surface area is 153 Å². The summed E-state index contributed by atoms with van der Waals surface area (Å²) in [5.41, 5.74) is 2.03. The van der Waals surface area contributed by atoms with Gasteiger partial charge in [-0.3, -0.25) is 9.59 Å². The maximum absolute atomic E-state index is 12.8. The molecule has 6 heteroatoms. The van der Waals surface area contributed by atoms with E-state index in [2.05, 4.69) is 10.5 Å². The van der Waals surface area contributed by atoms with E-state index in [9.17, 15) is 9.59 Å². The molecule has 138 valence electrons. The van der Waals surface area contributed by atoms with E-state index in [0.29, 0.717) is 30.3 Å². The summed E-state index contributed by atoms with van der Waals surface area (Å²) in [4.78, 5) is 26.7. The fourth-order valence-corrected chi connectivity index (χ4v) is 2.66. The van der Waals surface area contributed by atoms with Crippen molar-refractivity contribution in [3.8, 4) is 0 Å². The summed E-state index contributed by atoms with van der Waals surface area (Å²) in [7, 11) is 0. The predicted molar refractivity (Wildman–Crippen MR) is 97.7 cm³/mol. The Balaban J connectivity index is 1.68. The molecule has 1 fully saturated rings. The first kappa shape index (κ1) is 18.2. The molecule has 6 nitrogen and oxygen atoms in total. The van der Waals surface area contributed by atoms with Gasteiger partial charge < -0.3 is 14.7 Å². The second kappa shape index (κ2) is 7.72. The first-order valence-electron chi connectivity index (χ1n) is 9.05. The Morgan fingerprint density at radius 2 is 1.96 bits per heavy atom. The monoisotopic (exact) mass is 355 g/mol. The van der Waals surface area contributed by atoms with Crippen molar-refractivity contribution in [3.05, 3.63) is 52.9 Å². The number of hydrogen-bond acceptors (Lipinski definition) is 4. The van der Waals surface area contributed by atoms with Crippen molar-refractivity contribution in [2.75, 3.05) is 6.54 Å². The van der Waals surface area contributed by atoms with E-state index in [1.54, 1.807) is 11.0 Å². The van der Waals surface area contributed by atoms with Crippen LogP contribution in [0.4, 0.5) is 0 Å². The van der Waals surface area contributed by atoms with Crippen molar-refractivity contribution in [3.63, 3.8) is 0 Å². The molecule has 0 saturated heterocycles. The standard InChI is InChI=1S/C20H25N3O3/c1-13(2)11-21-19(24)18-10-17(26-22-18)12-23(16-8-9-16)20(25)15-6-4-14(3)5-7-15/h4-7,10,13,16H,8-9,11-12H2,1-3H3,(H,21,24). The molecule has 1 aromatic carbocycles. The highest BCUT2D eigenvalue weighted by atomic mass is 16.5. The average molecular weight is 355 g/mol.